The highest BCUT2D eigenvalue weighted by molar-refractivity contribution is 7.72. The van der Waals surface area contributed by atoms with E-state index in [-0.39, 0.29) is 23.0 Å². The molecular weight excluding hydrogens is 323 g/mol. The fourth-order valence-corrected chi connectivity index (χ4v) is 5.69. The highest BCUT2D eigenvalue weighted by Crippen LogP contribution is 2.65. The van der Waals surface area contributed by atoms with E-state index in [1.54, 1.807) is 12.1 Å². The summed E-state index contributed by atoms with van der Waals surface area (Å²) in [4.78, 5) is 10.3. The number of benzene rings is 1. The quantitative estimate of drug-likeness (QED) is 0.413. The molecule has 0 bridgehead atoms. The average molecular weight is 347 g/mol. The molecule has 0 aliphatic rings. The lowest BCUT2D eigenvalue weighted by atomic mass is 10.2. The van der Waals surface area contributed by atoms with Gasteiger partial charge in [0.25, 0.3) is 13.4 Å². The lowest BCUT2D eigenvalue weighted by Gasteiger charge is -2.37. The van der Waals surface area contributed by atoms with Crippen molar-refractivity contribution in [1.82, 2.24) is 14.0 Å². The number of rotatable bonds is 6. The van der Waals surface area contributed by atoms with Gasteiger partial charge < -0.3 is 12.4 Å². The summed E-state index contributed by atoms with van der Waals surface area (Å²) >= 11 is 0. The first kappa shape index (κ1) is 21.0. The van der Waals surface area contributed by atoms with Gasteiger partial charge >= 0.3 is 0 Å². The van der Waals surface area contributed by atoms with Crippen LogP contribution in [0.1, 0.15) is 5.56 Å². The van der Waals surface area contributed by atoms with Crippen LogP contribution in [0.25, 0.3) is 6.08 Å². The Balaban J connectivity index is 0.00000441. The first-order valence-corrected chi connectivity index (χ1v) is 8.29. The van der Waals surface area contributed by atoms with Crippen molar-refractivity contribution in [3.05, 3.63) is 45.8 Å². The summed E-state index contributed by atoms with van der Waals surface area (Å²) in [5.74, 6) is 2.19. The van der Waals surface area contributed by atoms with Crippen LogP contribution in [0, 0.1) is 10.1 Å². The van der Waals surface area contributed by atoms with E-state index in [0.717, 1.165) is 5.56 Å². The van der Waals surface area contributed by atoms with Crippen LogP contribution in [0.3, 0.4) is 0 Å². The predicted octanol–water partition coefficient (Wildman–Crippen LogP) is 0.0169. The number of nitro groups is 1. The molecule has 0 aliphatic carbocycles. The molecule has 0 unspecified atom stereocenters. The van der Waals surface area contributed by atoms with E-state index in [2.05, 4.69) is 62.1 Å². The van der Waals surface area contributed by atoms with Gasteiger partial charge in [0.2, 0.25) is 0 Å². The molecule has 1 rings (SSSR count). The van der Waals surface area contributed by atoms with E-state index >= 15 is 0 Å². The Morgan fingerprint density at radius 3 is 1.68 bits per heavy atom. The minimum Gasteiger partial charge on any atom is -1.00 e. The molecule has 6 nitrogen and oxygen atoms in total. The van der Waals surface area contributed by atoms with Crippen molar-refractivity contribution in [3.63, 3.8) is 0 Å². The standard InChI is InChI=1S/C14H24N4O2P.ClH/c1-15(2)21(16(3)4,17(5)6)12-11-13-7-9-14(10-8-13)18(19)20;/h7-12H,1-6H3;1H/q+1;/p-1/b12-11+;. The Morgan fingerprint density at radius 1 is 0.955 bits per heavy atom. The third-order valence-corrected chi connectivity index (χ3v) is 7.42. The van der Waals surface area contributed by atoms with Crippen LogP contribution in [0.5, 0.6) is 0 Å². The minimum absolute atomic E-state index is 0. The van der Waals surface area contributed by atoms with E-state index in [1.807, 2.05) is 6.08 Å². The van der Waals surface area contributed by atoms with E-state index in [1.165, 1.54) is 12.1 Å². The Kier molecular flexibility index (Phi) is 8.15. The third kappa shape index (κ3) is 4.48. The summed E-state index contributed by atoms with van der Waals surface area (Å²) in [5.41, 5.74) is 1.07. The molecule has 0 aromatic heterocycles. The summed E-state index contributed by atoms with van der Waals surface area (Å²) in [6.07, 6.45) is 2.03. The van der Waals surface area contributed by atoms with Crippen LogP contribution >= 0.6 is 7.71 Å². The van der Waals surface area contributed by atoms with Crippen molar-refractivity contribution in [1.29, 1.82) is 0 Å². The molecule has 0 spiro atoms. The monoisotopic (exact) mass is 346 g/mol. The molecule has 0 N–H and O–H groups in total. The van der Waals surface area contributed by atoms with Gasteiger partial charge in [-0.05, 0) is 23.8 Å². The molecule has 0 atom stereocenters. The van der Waals surface area contributed by atoms with Crippen LogP contribution in [0.4, 0.5) is 5.69 Å². The number of non-ortho nitro benzene ring substituents is 1. The second-order valence-electron chi connectivity index (χ2n) is 5.32. The highest BCUT2D eigenvalue weighted by atomic mass is 35.5. The van der Waals surface area contributed by atoms with Gasteiger partial charge in [0.1, 0.15) is 5.82 Å². The second kappa shape index (κ2) is 8.56. The van der Waals surface area contributed by atoms with Crippen LogP contribution in [0.2, 0.25) is 0 Å². The molecule has 1 aromatic carbocycles. The van der Waals surface area contributed by atoms with Crippen molar-refractivity contribution in [2.45, 2.75) is 0 Å². The van der Waals surface area contributed by atoms with Crippen molar-refractivity contribution >= 4 is 19.5 Å². The fraction of sp³-hybridized carbons (Fsp3) is 0.429. The predicted molar refractivity (Wildman–Crippen MR) is 90.1 cm³/mol. The molecule has 22 heavy (non-hydrogen) atoms. The Bertz CT molecular complexity index is 496. The van der Waals surface area contributed by atoms with Crippen molar-refractivity contribution in [3.8, 4) is 0 Å². The second-order valence-corrected chi connectivity index (χ2v) is 9.25. The summed E-state index contributed by atoms with van der Waals surface area (Å²) < 4.78 is 6.65. The lowest BCUT2D eigenvalue weighted by molar-refractivity contribution is -0.384. The molecule has 0 saturated heterocycles. The molecule has 8 heteroatoms. The van der Waals surface area contributed by atoms with Crippen molar-refractivity contribution in [2.75, 3.05) is 42.3 Å². The first-order valence-electron chi connectivity index (χ1n) is 6.57. The molecule has 0 radical (unpaired) electrons. The summed E-state index contributed by atoms with van der Waals surface area (Å²) in [6.45, 7) is 0. The number of hydrogen-bond acceptors (Lipinski definition) is 5. The minimum atomic E-state index is -1.72. The van der Waals surface area contributed by atoms with Gasteiger partial charge in [-0.25, -0.2) is 0 Å². The van der Waals surface area contributed by atoms with Gasteiger partial charge in [0, 0.05) is 54.4 Å². The zero-order valence-electron chi connectivity index (χ0n) is 13.9. The maximum absolute atomic E-state index is 10.7. The molecule has 0 heterocycles. The summed E-state index contributed by atoms with van der Waals surface area (Å²) in [5, 5.41) is 10.7. The van der Waals surface area contributed by atoms with E-state index in [0.29, 0.717) is 0 Å². The van der Waals surface area contributed by atoms with Gasteiger partial charge in [-0.3, -0.25) is 10.1 Å². The van der Waals surface area contributed by atoms with Gasteiger partial charge in [-0.2, -0.15) is 14.0 Å². The maximum atomic E-state index is 10.7. The number of hydrogen-bond donors (Lipinski definition) is 0. The molecule has 0 aliphatic heterocycles. The topological polar surface area (TPSA) is 52.9 Å². The smallest absolute Gasteiger partial charge is 0.269 e. The van der Waals surface area contributed by atoms with Gasteiger partial charge in [0.15, 0.2) is 0 Å². The molecule has 0 fully saturated rings. The number of nitro benzene ring substituents is 1. The highest BCUT2D eigenvalue weighted by Gasteiger charge is 2.45. The maximum Gasteiger partial charge on any atom is 0.269 e. The average Bonchev–Trinajstić information content (AvgIpc) is 2.38. The van der Waals surface area contributed by atoms with Crippen LogP contribution in [0.15, 0.2) is 30.1 Å². The number of nitrogens with zero attached hydrogens (tertiary/aromatic N) is 4. The van der Waals surface area contributed by atoms with Crippen LogP contribution in [-0.2, 0) is 0 Å². The largest absolute Gasteiger partial charge is 1.00 e. The molecule has 0 saturated carbocycles. The normalized spacial score (nSPS) is 12.2. The Morgan fingerprint density at radius 2 is 1.36 bits per heavy atom. The first-order chi connectivity index (χ1) is 9.71. The summed E-state index contributed by atoms with van der Waals surface area (Å²) in [6, 6.07) is 6.59. The van der Waals surface area contributed by atoms with E-state index in [4.69, 9.17) is 0 Å². The molecular formula is C14H24ClN4O2P. The van der Waals surface area contributed by atoms with Crippen LogP contribution in [-0.4, -0.2) is 61.2 Å². The van der Waals surface area contributed by atoms with Gasteiger partial charge in [0.05, 0.1) is 4.92 Å². The Labute approximate surface area is 139 Å². The number of halogens is 1. The summed E-state index contributed by atoms with van der Waals surface area (Å²) in [7, 11) is 10.7. The zero-order chi connectivity index (χ0) is 16.2. The third-order valence-electron chi connectivity index (χ3n) is 3.34. The van der Waals surface area contributed by atoms with Crippen molar-refractivity contribution < 1.29 is 17.3 Å². The SMILES string of the molecule is CN(C)[P+](/C=C/c1ccc([N+](=O)[O-])cc1)(N(C)C)N(C)C.[Cl-]. The molecule has 0 amide bonds. The zero-order valence-corrected chi connectivity index (χ0v) is 15.5. The molecule has 124 valence electrons. The fourth-order valence-electron chi connectivity index (χ4n) is 2.37. The lowest BCUT2D eigenvalue weighted by Crippen LogP contribution is -3.00. The van der Waals surface area contributed by atoms with Crippen molar-refractivity contribution in [2.24, 2.45) is 0 Å². The van der Waals surface area contributed by atoms with Gasteiger partial charge in [-0.15, -0.1) is 0 Å². The van der Waals surface area contributed by atoms with E-state index < -0.39 is 7.71 Å². The van der Waals surface area contributed by atoms with Crippen LogP contribution < -0.4 is 12.4 Å². The van der Waals surface area contributed by atoms with Gasteiger partial charge in [-0.1, -0.05) is 0 Å². The Hall–Kier alpha value is -1.04. The van der Waals surface area contributed by atoms with E-state index in [9.17, 15) is 10.1 Å². The molecule has 1 aromatic rings.